The van der Waals surface area contributed by atoms with Gasteiger partial charge >= 0.3 is 0 Å². The summed E-state index contributed by atoms with van der Waals surface area (Å²) in [5.41, 5.74) is 11.1. The molecule has 0 aliphatic rings. The Morgan fingerprint density at radius 2 is 1.02 bits per heavy atom. The molecule has 222 valence electrons. The molecule has 0 bridgehead atoms. The average molecular weight is 611 g/mol. The second-order valence-electron chi connectivity index (χ2n) is 11.9. The summed E-state index contributed by atoms with van der Waals surface area (Å²) in [5, 5.41) is 14.8. The largest absolute Gasteiger partial charge is 0.318 e. The lowest BCUT2D eigenvalue weighted by molar-refractivity contribution is 1.18. The molecule has 0 saturated carbocycles. The maximum atomic E-state index is 10.1. The lowest BCUT2D eigenvalue weighted by Crippen LogP contribution is -1.99. The van der Waals surface area contributed by atoms with Crippen LogP contribution in [0.3, 0.4) is 0 Å². The van der Waals surface area contributed by atoms with Gasteiger partial charge in [-0.1, -0.05) is 109 Å². The van der Waals surface area contributed by atoms with Crippen molar-refractivity contribution >= 4 is 49.3 Å². The van der Waals surface area contributed by atoms with Gasteiger partial charge in [-0.25, -0.2) is 4.85 Å². The highest BCUT2D eigenvalue weighted by Crippen LogP contribution is 2.44. The van der Waals surface area contributed by atoms with Crippen molar-refractivity contribution in [3.05, 3.63) is 175 Å². The number of para-hydroxylation sites is 5. The molecular weight excluding hydrogens is 585 g/mol. The average Bonchev–Trinajstić information content (AvgIpc) is 3.67. The van der Waals surface area contributed by atoms with Gasteiger partial charge in [0.1, 0.15) is 0 Å². The highest BCUT2D eigenvalue weighted by molar-refractivity contribution is 6.11. The molecule has 0 radical (unpaired) electrons. The van der Waals surface area contributed by atoms with Crippen LogP contribution in [0, 0.1) is 17.9 Å². The van der Waals surface area contributed by atoms with Gasteiger partial charge in [0.25, 0.3) is 0 Å². The van der Waals surface area contributed by atoms with Gasteiger partial charge in [-0.15, -0.1) is 0 Å². The van der Waals surface area contributed by atoms with Crippen molar-refractivity contribution in [2.45, 2.75) is 0 Å². The smallest absolute Gasteiger partial charge is 0.211 e. The molecule has 0 fully saturated rings. The molecule has 0 saturated heterocycles. The van der Waals surface area contributed by atoms with Gasteiger partial charge in [0.05, 0.1) is 46.0 Å². The molecule has 48 heavy (non-hydrogen) atoms. The van der Waals surface area contributed by atoms with Crippen molar-refractivity contribution in [2.75, 3.05) is 0 Å². The maximum absolute atomic E-state index is 10.1. The van der Waals surface area contributed by atoms with Crippen molar-refractivity contribution < 1.29 is 0 Å². The maximum Gasteiger partial charge on any atom is 0.211 e. The first-order valence-corrected chi connectivity index (χ1v) is 15.9. The molecule has 9 rings (SSSR count). The molecule has 0 N–H and O–H groups in total. The predicted molar refractivity (Wildman–Crippen MR) is 197 cm³/mol. The Balaban J connectivity index is 1.32. The number of rotatable bonds is 4. The van der Waals surface area contributed by atoms with Gasteiger partial charge in [0.15, 0.2) is 0 Å². The normalized spacial score (nSPS) is 11.3. The minimum Gasteiger partial charge on any atom is -0.318 e. The van der Waals surface area contributed by atoms with Crippen LogP contribution in [0.2, 0.25) is 0 Å². The highest BCUT2D eigenvalue weighted by Gasteiger charge is 2.21. The Morgan fingerprint density at radius 3 is 1.58 bits per heavy atom. The molecular formula is C44H26N4. The van der Waals surface area contributed by atoms with Gasteiger partial charge in [-0.05, 0) is 70.8 Å². The number of benzene rings is 7. The summed E-state index contributed by atoms with van der Waals surface area (Å²) in [5.74, 6) is 0. The van der Waals surface area contributed by atoms with Crippen LogP contribution < -0.4 is 0 Å². The van der Waals surface area contributed by atoms with Gasteiger partial charge in [-0.2, -0.15) is 5.26 Å². The second kappa shape index (κ2) is 10.9. The van der Waals surface area contributed by atoms with Crippen molar-refractivity contribution in [1.82, 2.24) is 9.13 Å². The fourth-order valence-corrected chi connectivity index (χ4v) is 7.34. The van der Waals surface area contributed by atoms with Crippen LogP contribution in [0.1, 0.15) is 5.56 Å². The Kier molecular flexibility index (Phi) is 6.22. The van der Waals surface area contributed by atoms with Crippen molar-refractivity contribution in [3.63, 3.8) is 0 Å². The SMILES string of the molecule is [C-]#[N+]c1cccc(-c2cc(C#N)ccc2-c2cccc(-n3c4ccccc4c4ccccc43)c2)c1-n1c2ccccc2c2ccccc21. The highest BCUT2D eigenvalue weighted by atomic mass is 15.0. The molecule has 2 aromatic heterocycles. The molecule has 4 heteroatoms. The van der Waals surface area contributed by atoms with E-state index in [1.807, 2.05) is 42.5 Å². The van der Waals surface area contributed by atoms with Crippen LogP contribution in [0.25, 0.3) is 82.1 Å². The summed E-state index contributed by atoms with van der Waals surface area (Å²) in [7, 11) is 0. The number of nitrogens with zero attached hydrogens (tertiary/aromatic N) is 4. The van der Waals surface area contributed by atoms with E-state index in [0.717, 1.165) is 66.5 Å². The topological polar surface area (TPSA) is 38.0 Å². The molecule has 0 spiro atoms. The van der Waals surface area contributed by atoms with Gasteiger partial charge in [0.2, 0.25) is 5.69 Å². The van der Waals surface area contributed by atoms with E-state index in [2.05, 4.69) is 135 Å². The third kappa shape index (κ3) is 4.07. The van der Waals surface area contributed by atoms with E-state index >= 15 is 0 Å². The first-order valence-electron chi connectivity index (χ1n) is 15.9. The standard InChI is InChI=1S/C44H26N4/c1-46-39-19-11-18-37(44(39)48-42-22-8-4-16-35(42)36-17-5-9-23-43(36)48)38-26-29(28-45)24-25-32(38)30-12-10-13-31(27-30)47-40-20-6-2-14-33(40)34-15-3-7-21-41(34)47/h2-27H. The monoisotopic (exact) mass is 610 g/mol. The third-order valence-corrected chi connectivity index (χ3v) is 9.37. The lowest BCUT2D eigenvalue weighted by atomic mass is 9.91. The Hall–Kier alpha value is -6.88. The summed E-state index contributed by atoms with van der Waals surface area (Å²) in [6, 6.07) is 56.5. The molecule has 0 atom stereocenters. The molecule has 9 aromatic rings. The van der Waals surface area contributed by atoms with E-state index in [-0.39, 0.29) is 0 Å². The first-order chi connectivity index (χ1) is 23.7. The Bertz CT molecular complexity index is 2710. The van der Waals surface area contributed by atoms with Gasteiger partial charge in [0, 0.05) is 27.2 Å². The fourth-order valence-electron chi connectivity index (χ4n) is 7.34. The van der Waals surface area contributed by atoms with Crippen molar-refractivity contribution in [2.24, 2.45) is 0 Å². The summed E-state index contributed by atoms with van der Waals surface area (Å²) in [6.45, 7) is 8.26. The van der Waals surface area contributed by atoms with Crippen LogP contribution in [0.5, 0.6) is 0 Å². The predicted octanol–water partition coefficient (Wildman–Crippen LogP) is 11.6. The second-order valence-corrected chi connectivity index (χ2v) is 11.9. The number of nitriles is 1. The lowest BCUT2D eigenvalue weighted by Gasteiger charge is -2.19. The quantitative estimate of drug-likeness (QED) is 0.183. The van der Waals surface area contributed by atoms with Gasteiger partial charge in [-0.3, -0.25) is 0 Å². The Morgan fingerprint density at radius 1 is 0.479 bits per heavy atom. The molecule has 0 aliphatic carbocycles. The van der Waals surface area contributed by atoms with Crippen LogP contribution in [0.4, 0.5) is 5.69 Å². The van der Waals surface area contributed by atoms with E-state index in [0.29, 0.717) is 11.3 Å². The molecule has 0 aliphatic heterocycles. The van der Waals surface area contributed by atoms with Crippen molar-refractivity contribution in [3.8, 4) is 39.7 Å². The van der Waals surface area contributed by atoms with Crippen LogP contribution >= 0.6 is 0 Å². The summed E-state index contributed by atoms with van der Waals surface area (Å²) in [6.07, 6.45) is 0. The zero-order chi connectivity index (χ0) is 32.2. The van der Waals surface area contributed by atoms with Gasteiger partial charge < -0.3 is 9.13 Å². The number of aromatic nitrogens is 2. The summed E-state index contributed by atoms with van der Waals surface area (Å²) in [4.78, 5) is 4.04. The number of hydrogen-bond donors (Lipinski definition) is 0. The molecule has 2 heterocycles. The summed E-state index contributed by atoms with van der Waals surface area (Å²) >= 11 is 0. The Labute approximate surface area is 277 Å². The van der Waals surface area contributed by atoms with Crippen LogP contribution in [0.15, 0.2) is 158 Å². The molecule has 0 unspecified atom stereocenters. The fraction of sp³-hybridized carbons (Fsp3) is 0. The van der Waals surface area contributed by atoms with E-state index in [1.54, 1.807) is 0 Å². The third-order valence-electron chi connectivity index (χ3n) is 9.37. The first kappa shape index (κ1) is 27.4. The molecule has 7 aromatic carbocycles. The zero-order valence-electron chi connectivity index (χ0n) is 25.8. The summed E-state index contributed by atoms with van der Waals surface area (Å²) < 4.78 is 4.53. The van der Waals surface area contributed by atoms with E-state index < -0.39 is 0 Å². The molecule has 0 amide bonds. The van der Waals surface area contributed by atoms with E-state index in [9.17, 15) is 5.26 Å². The van der Waals surface area contributed by atoms with E-state index in [4.69, 9.17) is 6.57 Å². The zero-order valence-corrected chi connectivity index (χ0v) is 25.8. The minimum absolute atomic E-state index is 0.548. The van der Waals surface area contributed by atoms with Crippen molar-refractivity contribution in [1.29, 1.82) is 5.26 Å². The number of hydrogen-bond acceptors (Lipinski definition) is 1. The van der Waals surface area contributed by atoms with Crippen LogP contribution in [-0.2, 0) is 0 Å². The minimum atomic E-state index is 0.548. The van der Waals surface area contributed by atoms with Crippen LogP contribution in [-0.4, -0.2) is 9.13 Å². The van der Waals surface area contributed by atoms with E-state index in [1.165, 1.54) is 10.8 Å². The molecule has 4 nitrogen and oxygen atoms in total. The number of fused-ring (bicyclic) bond motifs is 6.